The first-order valence-corrected chi connectivity index (χ1v) is 6.99. The molecule has 0 radical (unpaired) electrons. The molecule has 0 spiro atoms. The van der Waals surface area contributed by atoms with E-state index in [0.29, 0.717) is 6.61 Å². The summed E-state index contributed by atoms with van der Waals surface area (Å²) in [5.41, 5.74) is 2.21. The van der Waals surface area contributed by atoms with Crippen molar-refractivity contribution in [2.75, 3.05) is 20.2 Å². The van der Waals surface area contributed by atoms with Crippen molar-refractivity contribution in [2.45, 2.75) is 6.61 Å². The third-order valence-corrected chi connectivity index (χ3v) is 3.37. The van der Waals surface area contributed by atoms with E-state index in [2.05, 4.69) is 10.3 Å². The summed E-state index contributed by atoms with van der Waals surface area (Å²) in [5.74, 6) is 2.68. The van der Waals surface area contributed by atoms with Gasteiger partial charge < -0.3 is 14.8 Å². The number of nitrogens with zero attached hydrogens (tertiary/aromatic N) is 1. The van der Waals surface area contributed by atoms with Crippen molar-refractivity contribution in [1.82, 2.24) is 5.32 Å². The number of nitrogens with one attached hydrogen (secondary N) is 1. The van der Waals surface area contributed by atoms with Gasteiger partial charge in [0.15, 0.2) is 0 Å². The SMILES string of the molecule is COc1ccc(COc2ccc(C3=NCCN3)cc2)cc1. The lowest BCUT2D eigenvalue weighted by Gasteiger charge is -2.08. The Kier molecular flexibility index (Phi) is 4.05. The molecule has 0 saturated heterocycles. The number of rotatable bonds is 5. The quantitative estimate of drug-likeness (QED) is 0.916. The fourth-order valence-electron chi connectivity index (χ4n) is 2.19. The summed E-state index contributed by atoms with van der Waals surface area (Å²) in [6.07, 6.45) is 0. The zero-order chi connectivity index (χ0) is 14.5. The van der Waals surface area contributed by atoms with Crippen molar-refractivity contribution in [3.63, 3.8) is 0 Å². The summed E-state index contributed by atoms with van der Waals surface area (Å²) < 4.78 is 10.9. The van der Waals surface area contributed by atoms with Gasteiger partial charge in [0.2, 0.25) is 0 Å². The first kappa shape index (κ1) is 13.5. The minimum absolute atomic E-state index is 0.544. The van der Waals surface area contributed by atoms with Gasteiger partial charge in [-0.25, -0.2) is 0 Å². The maximum absolute atomic E-state index is 5.78. The van der Waals surface area contributed by atoms with Crippen LogP contribution in [0.25, 0.3) is 0 Å². The van der Waals surface area contributed by atoms with Gasteiger partial charge >= 0.3 is 0 Å². The van der Waals surface area contributed by atoms with E-state index in [9.17, 15) is 0 Å². The molecule has 0 amide bonds. The molecule has 1 aliphatic heterocycles. The second-order valence-electron chi connectivity index (χ2n) is 4.82. The van der Waals surface area contributed by atoms with Crippen LogP contribution in [0.5, 0.6) is 11.5 Å². The van der Waals surface area contributed by atoms with Crippen LogP contribution in [0.4, 0.5) is 0 Å². The zero-order valence-electron chi connectivity index (χ0n) is 12.0. The van der Waals surface area contributed by atoms with E-state index in [1.165, 1.54) is 0 Å². The van der Waals surface area contributed by atoms with Gasteiger partial charge in [0.05, 0.1) is 13.7 Å². The summed E-state index contributed by atoms with van der Waals surface area (Å²) in [6.45, 7) is 2.32. The van der Waals surface area contributed by atoms with Crippen molar-refractivity contribution in [2.24, 2.45) is 4.99 Å². The minimum Gasteiger partial charge on any atom is -0.497 e. The van der Waals surface area contributed by atoms with Crippen LogP contribution in [0.2, 0.25) is 0 Å². The number of ether oxygens (including phenoxy) is 2. The predicted octanol–water partition coefficient (Wildman–Crippen LogP) is 2.62. The lowest BCUT2D eigenvalue weighted by atomic mass is 10.2. The second kappa shape index (κ2) is 6.31. The molecule has 0 bridgehead atoms. The first-order chi connectivity index (χ1) is 10.3. The first-order valence-electron chi connectivity index (χ1n) is 6.99. The average Bonchev–Trinajstić information content (AvgIpc) is 3.08. The summed E-state index contributed by atoms with van der Waals surface area (Å²) in [7, 11) is 1.66. The fourth-order valence-corrected chi connectivity index (χ4v) is 2.19. The Morgan fingerprint density at radius 1 is 1.00 bits per heavy atom. The monoisotopic (exact) mass is 282 g/mol. The molecule has 1 heterocycles. The van der Waals surface area contributed by atoms with Crippen LogP contribution in [-0.2, 0) is 6.61 Å². The molecular formula is C17H18N2O2. The van der Waals surface area contributed by atoms with E-state index >= 15 is 0 Å². The Balaban J connectivity index is 1.59. The highest BCUT2D eigenvalue weighted by atomic mass is 16.5. The molecule has 4 nitrogen and oxygen atoms in total. The topological polar surface area (TPSA) is 42.9 Å². The number of hydrogen-bond donors (Lipinski definition) is 1. The summed E-state index contributed by atoms with van der Waals surface area (Å²) in [4.78, 5) is 4.40. The van der Waals surface area contributed by atoms with Gasteiger partial charge in [-0.2, -0.15) is 0 Å². The Morgan fingerprint density at radius 2 is 1.71 bits per heavy atom. The van der Waals surface area contributed by atoms with E-state index in [0.717, 1.165) is 41.6 Å². The van der Waals surface area contributed by atoms with Gasteiger partial charge in [0.1, 0.15) is 23.9 Å². The molecule has 0 fully saturated rings. The van der Waals surface area contributed by atoms with Crippen LogP contribution >= 0.6 is 0 Å². The predicted molar refractivity (Wildman–Crippen MR) is 83.2 cm³/mol. The zero-order valence-corrected chi connectivity index (χ0v) is 12.0. The third-order valence-electron chi connectivity index (χ3n) is 3.37. The van der Waals surface area contributed by atoms with Crippen LogP contribution in [0.3, 0.4) is 0 Å². The summed E-state index contributed by atoms with van der Waals surface area (Å²) in [6, 6.07) is 15.9. The van der Waals surface area contributed by atoms with Gasteiger partial charge in [0.25, 0.3) is 0 Å². The van der Waals surface area contributed by atoms with Gasteiger partial charge in [-0.15, -0.1) is 0 Å². The van der Waals surface area contributed by atoms with Crippen LogP contribution in [0.1, 0.15) is 11.1 Å². The largest absolute Gasteiger partial charge is 0.497 e. The molecule has 0 aliphatic carbocycles. The molecule has 2 aromatic carbocycles. The number of aliphatic imine (C=N–C) groups is 1. The normalized spacial score (nSPS) is 13.5. The molecule has 0 atom stereocenters. The number of hydrogen-bond acceptors (Lipinski definition) is 4. The number of methoxy groups -OCH3 is 1. The van der Waals surface area contributed by atoms with Crippen molar-refractivity contribution < 1.29 is 9.47 Å². The highest BCUT2D eigenvalue weighted by Gasteiger charge is 2.07. The maximum atomic E-state index is 5.78. The molecule has 0 aromatic heterocycles. The van der Waals surface area contributed by atoms with Crippen molar-refractivity contribution in [1.29, 1.82) is 0 Å². The number of amidine groups is 1. The Labute approximate surface area is 124 Å². The standard InChI is InChI=1S/C17H18N2O2/c1-20-15-6-2-13(3-7-15)12-21-16-8-4-14(5-9-16)17-18-10-11-19-17/h2-9H,10-12H2,1H3,(H,18,19). The van der Waals surface area contributed by atoms with E-state index in [-0.39, 0.29) is 0 Å². The van der Waals surface area contributed by atoms with Crippen molar-refractivity contribution in [3.8, 4) is 11.5 Å². The smallest absolute Gasteiger partial charge is 0.128 e. The molecule has 0 saturated carbocycles. The highest BCUT2D eigenvalue weighted by Crippen LogP contribution is 2.16. The molecular weight excluding hydrogens is 264 g/mol. The highest BCUT2D eigenvalue weighted by molar-refractivity contribution is 5.99. The maximum Gasteiger partial charge on any atom is 0.128 e. The Hall–Kier alpha value is -2.49. The van der Waals surface area contributed by atoms with E-state index in [4.69, 9.17) is 9.47 Å². The summed E-state index contributed by atoms with van der Waals surface area (Å²) in [5, 5.41) is 3.26. The molecule has 21 heavy (non-hydrogen) atoms. The molecule has 4 heteroatoms. The summed E-state index contributed by atoms with van der Waals surface area (Å²) >= 11 is 0. The lowest BCUT2D eigenvalue weighted by Crippen LogP contribution is -2.19. The lowest BCUT2D eigenvalue weighted by molar-refractivity contribution is 0.306. The Morgan fingerprint density at radius 3 is 2.33 bits per heavy atom. The van der Waals surface area contributed by atoms with Gasteiger partial charge in [-0.3, -0.25) is 4.99 Å². The van der Waals surface area contributed by atoms with Gasteiger partial charge in [0, 0.05) is 12.1 Å². The molecule has 1 N–H and O–H groups in total. The van der Waals surface area contributed by atoms with Crippen LogP contribution < -0.4 is 14.8 Å². The molecule has 1 aliphatic rings. The van der Waals surface area contributed by atoms with E-state index in [1.54, 1.807) is 7.11 Å². The Bertz CT molecular complexity index is 618. The van der Waals surface area contributed by atoms with Crippen LogP contribution in [-0.4, -0.2) is 26.0 Å². The average molecular weight is 282 g/mol. The number of benzene rings is 2. The van der Waals surface area contributed by atoms with Crippen molar-refractivity contribution >= 4 is 5.84 Å². The van der Waals surface area contributed by atoms with Crippen LogP contribution in [0.15, 0.2) is 53.5 Å². The van der Waals surface area contributed by atoms with E-state index in [1.807, 2.05) is 48.5 Å². The molecule has 3 rings (SSSR count). The second-order valence-corrected chi connectivity index (χ2v) is 4.82. The van der Waals surface area contributed by atoms with Crippen molar-refractivity contribution in [3.05, 3.63) is 59.7 Å². The third kappa shape index (κ3) is 3.34. The molecule has 0 unspecified atom stereocenters. The fraction of sp³-hybridized carbons (Fsp3) is 0.235. The molecule has 108 valence electrons. The molecule has 2 aromatic rings. The van der Waals surface area contributed by atoms with Gasteiger partial charge in [-0.05, 0) is 42.0 Å². The minimum atomic E-state index is 0.544. The van der Waals surface area contributed by atoms with E-state index < -0.39 is 0 Å². The van der Waals surface area contributed by atoms with Gasteiger partial charge in [-0.1, -0.05) is 12.1 Å². The van der Waals surface area contributed by atoms with Crippen LogP contribution in [0, 0.1) is 0 Å².